The summed E-state index contributed by atoms with van der Waals surface area (Å²) in [5.41, 5.74) is 1.31. The molecule has 0 atom stereocenters. The van der Waals surface area contributed by atoms with Crippen molar-refractivity contribution in [2.45, 2.75) is 27.2 Å². The number of rotatable bonds is 1. The summed E-state index contributed by atoms with van der Waals surface area (Å²) in [7, 11) is 0. The Hall–Kier alpha value is -1.25. The average molecular weight is 207 g/mol. The van der Waals surface area contributed by atoms with Crippen molar-refractivity contribution in [2.24, 2.45) is 5.41 Å². The third-order valence-corrected chi connectivity index (χ3v) is 2.20. The van der Waals surface area contributed by atoms with E-state index >= 15 is 0 Å². The zero-order chi connectivity index (χ0) is 10.9. The minimum atomic E-state index is 0.247. The molecule has 0 saturated carbocycles. The van der Waals surface area contributed by atoms with Crippen LogP contribution in [0.15, 0.2) is 12.3 Å². The van der Waals surface area contributed by atoms with Gasteiger partial charge in [-0.25, -0.2) is 0 Å². The molecule has 3 nitrogen and oxygen atoms in total. The van der Waals surface area contributed by atoms with Gasteiger partial charge in [-0.3, -0.25) is 4.98 Å². The van der Waals surface area contributed by atoms with E-state index in [1.54, 1.807) is 6.20 Å². The maximum Gasteiger partial charge on any atom is 0.179 e. The van der Waals surface area contributed by atoms with Gasteiger partial charge < -0.3 is 9.47 Å². The molecule has 1 aromatic rings. The lowest BCUT2D eigenvalue weighted by Crippen LogP contribution is -2.17. The largest absolute Gasteiger partial charge is 0.486 e. The van der Waals surface area contributed by atoms with Gasteiger partial charge in [0.15, 0.2) is 11.5 Å². The van der Waals surface area contributed by atoms with Gasteiger partial charge >= 0.3 is 0 Å². The van der Waals surface area contributed by atoms with Crippen LogP contribution in [0.4, 0.5) is 0 Å². The molecule has 1 aliphatic heterocycles. The van der Waals surface area contributed by atoms with Crippen LogP contribution in [-0.4, -0.2) is 18.2 Å². The van der Waals surface area contributed by atoms with Gasteiger partial charge in [-0.2, -0.15) is 0 Å². The van der Waals surface area contributed by atoms with E-state index in [1.165, 1.54) is 0 Å². The molecule has 0 amide bonds. The Morgan fingerprint density at radius 1 is 1.20 bits per heavy atom. The number of fused-ring (bicyclic) bond motifs is 1. The molecule has 0 aliphatic carbocycles. The summed E-state index contributed by atoms with van der Waals surface area (Å²) in [6.07, 6.45) is 2.71. The van der Waals surface area contributed by atoms with Crippen LogP contribution in [0, 0.1) is 5.41 Å². The minimum Gasteiger partial charge on any atom is -0.486 e. The molecule has 15 heavy (non-hydrogen) atoms. The Labute approximate surface area is 90.4 Å². The van der Waals surface area contributed by atoms with Crippen molar-refractivity contribution in [3.05, 3.63) is 18.0 Å². The number of pyridine rings is 1. The van der Waals surface area contributed by atoms with Crippen LogP contribution >= 0.6 is 0 Å². The second-order valence-electron chi connectivity index (χ2n) is 5.06. The molecule has 82 valence electrons. The number of hydrogen-bond acceptors (Lipinski definition) is 3. The monoisotopic (exact) mass is 207 g/mol. The summed E-state index contributed by atoms with van der Waals surface area (Å²) >= 11 is 0. The molecule has 2 heterocycles. The zero-order valence-electron chi connectivity index (χ0n) is 9.54. The summed E-state index contributed by atoms with van der Waals surface area (Å²) in [6.45, 7) is 7.85. The lowest BCUT2D eigenvalue weighted by atomic mass is 9.90. The molecular formula is C12H17NO2. The van der Waals surface area contributed by atoms with E-state index < -0.39 is 0 Å². The first-order valence-corrected chi connectivity index (χ1v) is 5.29. The average Bonchev–Trinajstić information content (AvgIpc) is 2.15. The molecule has 0 radical (unpaired) electrons. The normalized spacial score (nSPS) is 15.1. The Morgan fingerprint density at radius 2 is 1.87 bits per heavy atom. The van der Waals surface area contributed by atoms with Gasteiger partial charge in [0.05, 0.1) is 6.20 Å². The van der Waals surface area contributed by atoms with Crippen molar-refractivity contribution in [3.63, 3.8) is 0 Å². The highest BCUT2D eigenvalue weighted by atomic mass is 16.6. The van der Waals surface area contributed by atoms with Crippen molar-refractivity contribution in [3.8, 4) is 11.5 Å². The Kier molecular flexibility index (Phi) is 2.55. The highest BCUT2D eigenvalue weighted by Gasteiger charge is 2.16. The second-order valence-corrected chi connectivity index (χ2v) is 5.06. The lowest BCUT2D eigenvalue weighted by Gasteiger charge is -2.21. The van der Waals surface area contributed by atoms with Crippen LogP contribution in [0.1, 0.15) is 26.5 Å². The van der Waals surface area contributed by atoms with Crippen LogP contribution in [-0.2, 0) is 6.42 Å². The van der Waals surface area contributed by atoms with Crippen molar-refractivity contribution in [1.29, 1.82) is 0 Å². The zero-order valence-corrected chi connectivity index (χ0v) is 9.54. The maximum atomic E-state index is 5.51. The standard InChI is InChI=1S/C12H17NO2/c1-12(2,3)7-9-6-10-11(8-13-9)15-5-4-14-10/h6,8H,4-5,7H2,1-3H3. The first kappa shape index (κ1) is 10.3. The van der Waals surface area contributed by atoms with E-state index in [0.29, 0.717) is 13.2 Å². The van der Waals surface area contributed by atoms with Crippen molar-refractivity contribution >= 4 is 0 Å². The van der Waals surface area contributed by atoms with E-state index in [9.17, 15) is 0 Å². The summed E-state index contributed by atoms with van der Waals surface area (Å²) < 4.78 is 10.9. The third-order valence-electron chi connectivity index (χ3n) is 2.20. The fourth-order valence-electron chi connectivity index (χ4n) is 1.63. The van der Waals surface area contributed by atoms with Crippen LogP contribution in [0.2, 0.25) is 0 Å². The summed E-state index contributed by atoms with van der Waals surface area (Å²) in [5.74, 6) is 1.59. The first-order valence-electron chi connectivity index (χ1n) is 5.29. The lowest BCUT2D eigenvalue weighted by molar-refractivity contribution is 0.170. The number of ether oxygens (including phenoxy) is 2. The molecule has 3 heteroatoms. The molecule has 0 spiro atoms. The SMILES string of the molecule is CC(C)(C)Cc1cc2c(cn1)OCCO2. The quantitative estimate of drug-likeness (QED) is 0.708. The predicted molar refractivity (Wildman–Crippen MR) is 58.4 cm³/mol. The van der Waals surface area contributed by atoms with Gasteiger partial charge in [0.25, 0.3) is 0 Å². The number of hydrogen-bond donors (Lipinski definition) is 0. The molecule has 1 aromatic heterocycles. The van der Waals surface area contributed by atoms with Crippen LogP contribution in [0.5, 0.6) is 11.5 Å². The highest BCUT2D eigenvalue weighted by molar-refractivity contribution is 5.40. The molecule has 0 unspecified atom stereocenters. The van der Waals surface area contributed by atoms with Crippen molar-refractivity contribution in [2.75, 3.05) is 13.2 Å². The number of nitrogens with zero attached hydrogens (tertiary/aromatic N) is 1. The van der Waals surface area contributed by atoms with Gasteiger partial charge in [0.2, 0.25) is 0 Å². The molecular weight excluding hydrogens is 190 g/mol. The molecule has 0 aromatic carbocycles. The molecule has 0 saturated heterocycles. The second kappa shape index (κ2) is 3.72. The Balaban J connectivity index is 2.21. The van der Waals surface area contributed by atoms with Gasteiger partial charge in [-0.05, 0) is 11.8 Å². The smallest absolute Gasteiger partial charge is 0.179 e. The highest BCUT2D eigenvalue weighted by Crippen LogP contribution is 2.31. The summed E-state index contributed by atoms with van der Waals surface area (Å²) in [4.78, 5) is 4.37. The molecule has 0 bridgehead atoms. The Bertz CT molecular complexity index is 355. The van der Waals surface area contributed by atoms with Crippen molar-refractivity contribution < 1.29 is 9.47 Å². The molecule has 2 rings (SSSR count). The van der Waals surface area contributed by atoms with Gasteiger partial charge in [0, 0.05) is 11.8 Å². The van der Waals surface area contributed by atoms with E-state index in [1.807, 2.05) is 6.07 Å². The van der Waals surface area contributed by atoms with Gasteiger partial charge in [0.1, 0.15) is 13.2 Å². The van der Waals surface area contributed by atoms with E-state index in [4.69, 9.17) is 9.47 Å². The van der Waals surface area contributed by atoms with Crippen LogP contribution in [0.3, 0.4) is 0 Å². The molecule has 0 N–H and O–H groups in total. The topological polar surface area (TPSA) is 31.4 Å². The van der Waals surface area contributed by atoms with Crippen LogP contribution < -0.4 is 9.47 Å². The minimum absolute atomic E-state index is 0.247. The van der Waals surface area contributed by atoms with E-state index in [-0.39, 0.29) is 5.41 Å². The van der Waals surface area contributed by atoms with Gasteiger partial charge in [-0.1, -0.05) is 20.8 Å². The first-order chi connectivity index (χ1) is 7.04. The summed E-state index contributed by atoms with van der Waals surface area (Å²) in [6, 6.07) is 1.99. The molecule has 1 aliphatic rings. The van der Waals surface area contributed by atoms with E-state index in [2.05, 4.69) is 25.8 Å². The summed E-state index contributed by atoms with van der Waals surface area (Å²) in [5, 5.41) is 0. The predicted octanol–water partition coefficient (Wildman–Crippen LogP) is 2.44. The number of aromatic nitrogens is 1. The van der Waals surface area contributed by atoms with E-state index in [0.717, 1.165) is 23.6 Å². The maximum absolute atomic E-state index is 5.51. The third kappa shape index (κ3) is 2.61. The fraction of sp³-hybridized carbons (Fsp3) is 0.583. The van der Waals surface area contributed by atoms with Crippen LogP contribution in [0.25, 0.3) is 0 Å². The fourth-order valence-corrected chi connectivity index (χ4v) is 1.63. The molecule has 0 fully saturated rings. The Morgan fingerprint density at radius 3 is 2.53 bits per heavy atom. The van der Waals surface area contributed by atoms with Crippen molar-refractivity contribution in [1.82, 2.24) is 4.98 Å². The van der Waals surface area contributed by atoms with Gasteiger partial charge in [-0.15, -0.1) is 0 Å².